The van der Waals surface area contributed by atoms with Crippen LogP contribution in [-0.2, 0) is 4.79 Å². The second-order valence-electron chi connectivity index (χ2n) is 9.30. The zero-order chi connectivity index (χ0) is 21.1. The molecule has 3 fully saturated rings. The van der Waals surface area contributed by atoms with Crippen LogP contribution in [0.4, 0.5) is 13.2 Å². The number of aromatic nitrogens is 1. The number of fused-ring (bicyclic) bond motifs is 2. The zero-order valence-corrected chi connectivity index (χ0v) is 17.1. The predicted molar refractivity (Wildman–Crippen MR) is 105 cm³/mol. The molecule has 164 valence electrons. The summed E-state index contributed by atoms with van der Waals surface area (Å²) in [7, 11) is 1.83. The molecular weight excluding hydrogens is 395 g/mol. The molecule has 5 rings (SSSR count). The Balaban J connectivity index is 1.28. The Morgan fingerprint density at radius 1 is 1.27 bits per heavy atom. The lowest BCUT2D eigenvalue weighted by Gasteiger charge is -2.47. The number of carbonyl (C=O) groups is 1. The van der Waals surface area contributed by atoms with Crippen LogP contribution in [0.25, 0.3) is 5.70 Å². The van der Waals surface area contributed by atoms with E-state index in [-0.39, 0.29) is 30.6 Å². The van der Waals surface area contributed by atoms with Crippen molar-refractivity contribution in [2.24, 2.45) is 16.8 Å². The van der Waals surface area contributed by atoms with Crippen LogP contribution in [0.15, 0.2) is 17.3 Å². The van der Waals surface area contributed by atoms with Crippen LogP contribution < -0.4 is 16.0 Å². The summed E-state index contributed by atoms with van der Waals surface area (Å²) in [5, 5.41) is 3.84. The Bertz CT molecular complexity index is 943. The zero-order valence-electron chi connectivity index (χ0n) is 17.1. The van der Waals surface area contributed by atoms with Gasteiger partial charge in [0.25, 0.3) is 0 Å². The molecule has 1 aromatic heterocycles. The van der Waals surface area contributed by atoms with Gasteiger partial charge in [0, 0.05) is 30.2 Å². The first-order valence-corrected chi connectivity index (χ1v) is 10.8. The van der Waals surface area contributed by atoms with Gasteiger partial charge in [-0.1, -0.05) is 0 Å². The van der Waals surface area contributed by atoms with Gasteiger partial charge in [-0.25, -0.2) is 0 Å². The van der Waals surface area contributed by atoms with E-state index < -0.39 is 11.7 Å². The van der Waals surface area contributed by atoms with E-state index in [1.54, 1.807) is 4.90 Å². The number of hydrogen-bond donors (Lipinski definition) is 2. The first-order valence-electron chi connectivity index (χ1n) is 10.8. The van der Waals surface area contributed by atoms with Crippen molar-refractivity contribution in [3.8, 4) is 0 Å². The van der Waals surface area contributed by atoms with Crippen LogP contribution in [0, 0.1) is 11.8 Å². The van der Waals surface area contributed by atoms with Gasteiger partial charge in [-0.2, -0.15) is 13.2 Å². The summed E-state index contributed by atoms with van der Waals surface area (Å²) in [5.41, 5.74) is 0.280. The van der Waals surface area contributed by atoms with Gasteiger partial charge in [0.2, 0.25) is 5.91 Å². The van der Waals surface area contributed by atoms with Crippen molar-refractivity contribution in [2.45, 2.75) is 56.3 Å². The molecule has 0 spiro atoms. The lowest BCUT2D eigenvalue weighted by molar-refractivity contribution is -0.166. The number of alkyl halides is 3. The molecule has 0 radical (unpaired) electrons. The molecule has 1 amide bonds. The molecule has 2 aliphatic carbocycles. The lowest BCUT2D eigenvalue weighted by Crippen LogP contribution is -2.58. The molecule has 1 atom stereocenters. The van der Waals surface area contributed by atoms with Gasteiger partial charge < -0.3 is 20.1 Å². The Hall–Kier alpha value is -2.03. The topological polar surface area (TPSA) is 63.7 Å². The van der Waals surface area contributed by atoms with Crippen LogP contribution >= 0.6 is 0 Å². The van der Waals surface area contributed by atoms with Gasteiger partial charge in [0.1, 0.15) is 11.0 Å². The Kier molecular flexibility index (Phi) is 4.65. The first-order chi connectivity index (χ1) is 14.3. The summed E-state index contributed by atoms with van der Waals surface area (Å²) in [5.74, 6) is 0.139. The quantitative estimate of drug-likeness (QED) is 0.769. The van der Waals surface area contributed by atoms with Crippen molar-refractivity contribution in [3.63, 3.8) is 0 Å². The SMILES string of the molecule is CN1CN(C2CCC(CNC3(C(F)(F)F)CC3)CC2)C2=c3cc[nH]c3=NCC2C1=O. The third kappa shape index (κ3) is 3.21. The molecule has 1 unspecified atom stereocenters. The number of amides is 1. The van der Waals surface area contributed by atoms with Gasteiger partial charge in [-0.05, 0) is 57.1 Å². The molecule has 1 saturated heterocycles. The molecule has 1 aromatic rings. The molecule has 3 heterocycles. The van der Waals surface area contributed by atoms with Gasteiger partial charge in [-0.15, -0.1) is 0 Å². The standard InChI is InChI=1S/C21H28F3N5O/c1-28-12-29(17-15-6-9-25-18(15)26-11-16(17)19(28)30)14-4-2-13(3-5-14)10-27-20(7-8-20)21(22,23)24/h6,9,13-14,16,27H,2-5,7-8,10-12H2,1H3,(H,25,26). The second-order valence-corrected chi connectivity index (χ2v) is 9.30. The smallest absolute Gasteiger partial charge is 0.353 e. The van der Waals surface area contributed by atoms with E-state index in [0.717, 1.165) is 42.1 Å². The van der Waals surface area contributed by atoms with Gasteiger partial charge in [0.15, 0.2) is 0 Å². The summed E-state index contributed by atoms with van der Waals surface area (Å²) in [6.45, 7) is 1.45. The van der Waals surface area contributed by atoms with Crippen molar-refractivity contribution in [1.82, 2.24) is 20.1 Å². The summed E-state index contributed by atoms with van der Waals surface area (Å²) < 4.78 is 39.5. The average Bonchev–Trinajstić information content (AvgIpc) is 3.38. The van der Waals surface area contributed by atoms with Crippen LogP contribution in [0.2, 0.25) is 0 Å². The highest BCUT2D eigenvalue weighted by Crippen LogP contribution is 2.49. The fraction of sp³-hybridized carbons (Fsp3) is 0.714. The summed E-state index contributed by atoms with van der Waals surface area (Å²) in [6, 6.07) is 2.29. The average molecular weight is 423 g/mol. The highest BCUT2D eigenvalue weighted by Gasteiger charge is 2.63. The van der Waals surface area contributed by atoms with Crippen LogP contribution in [-0.4, -0.2) is 65.3 Å². The Labute approximate surface area is 173 Å². The van der Waals surface area contributed by atoms with Gasteiger partial charge in [-0.3, -0.25) is 9.79 Å². The molecular formula is C21H28F3N5O. The fourth-order valence-electron chi connectivity index (χ4n) is 5.34. The van der Waals surface area contributed by atoms with Crippen molar-refractivity contribution in [2.75, 3.05) is 26.8 Å². The van der Waals surface area contributed by atoms with Crippen LogP contribution in [0.1, 0.15) is 38.5 Å². The summed E-state index contributed by atoms with van der Waals surface area (Å²) in [6.07, 6.45) is 1.78. The molecule has 4 aliphatic rings. The van der Waals surface area contributed by atoms with E-state index in [1.165, 1.54) is 0 Å². The molecule has 6 nitrogen and oxygen atoms in total. The third-order valence-corrected chi connectivity index (χ3v) is 7.39. The highest BCUT2D eigenvalue weighted by molar-refractivity contribution is 5.89. The molecule has 0 aromatic carbocycles. The van der Waals surface area contributed by atoms with E-state index in [9.17, 15) is 18.0 Å². The number of H-pyrrole nitrogens is 1. The molecule has 30 heavy (non-hydrogen) atoms. The van der Waals surface area contributed by atoms with Crippen LogP contribution in [0.5, 0.6) is 0 Å². The first kappa shape index (κ1) is 19.9. The predicted octanol–water partition coefficient (Wildman–Crippen LogP) is 1.35. The molecule has 9 heteroatoms. The minimum Gasteiger partial charge on any atom is -0.353 e. The number of halogens is 3. The van der Waals surface area contributed by atoms with Crippen molar-refractivity contribution in [3.05, 3.63) is 23.0 Å². The molecule has 2 aliphatic heterocycles. The largest absolute Gasteiger partial charge is 0.406 e. The Morgan fingerprint density at radius 2 is 2.00 bits per heavy atom. The molecule has 0 bridgehead atoms. The van der Waals surface area contributed by atoms with E-state index >= 15 is 0 Å². The molecule has 2 N–H and O–H groups in total. The minimum atomic E-state index is -4.15. The number of hydrogen-bond acceptors (Lipinski definition) is 4. The maximum atomic E-state index is 13.2. The minimum absolute atomic E-state index is 0.108. The number of nitrogens with zero attached hydrogens (tertiary/aromatic N) is 3. The normalized spacial score (nSPS) is 30.6. The van der Waals surface area contributed by atoms with E-state index in [2.05, 4.69) is 20.2 Å². The fourth-order valence-corrected chi connectivity index (χ4v) is 5.34. The molecule has 2 saturated carbocycles. The number of carbonyl (C=O) groups excluding carboxylic acids is 1. The van der Waals surface area contributed by atoms with Gasteiger partial charge in [0.05, 0.1) is 19.1 Å². The van der Waals surface area contributed by atoms with E-state index in [4.69, 9.17) is 0 Å². The maximum absolute atomic E-state index is 13.2. The van der Waals surface area contributed by atoms with Crippen molar-refractivity contribution >= 4 is 11.6 Å². The van der Waals surface area contributed by atoms with Gasteiger partial charge >= 0.3 is 6.18 Å². The maximum Gasteiger partial charge on any atom is 0.406 e. The second kappa shape index (κ2) is 7.00. The lowest BCUT2D eigenvalue weighted by atomic mass is 9.83. The summed E-state index contributed by atoms with van der Waals surface area (Å²) >= 11 is 0. The monoisotopic (exact) mass is 423 g/mol. The number of aromatic amines is 1. The highest BCUT2D eigenvalue weighted by atomic mass is 19.4. The van der Waals surface area contributed by atoms with E-state index in [1.807, 2.05) is 19.3 Å². The number of rotatable bonds is 4. The third-order valence-electron chi connectivity index (χ3n) is 7.39. The van der Waals surface area contributed by atoms with Crippen LogP contribution in [0.3, 0.4) is 0 Å². The van der Waals surface area contributed by atoms with Crippen molar-refractivity contribution < 1.29 is 18.0 Å². The summed E-state index contributed by atoms with van der Waals surface area (Å²) in [4.78, 5) is 24.6. The van der Waals surface area contributed by atoms with E-state index in [0.29, 0.717) is 25.8 Å². The Morgan fingerprint density at radius 3 is 2.67 bits per heavy atom. The van der Waals surface area contributed by atoms with Crippen molar-refractivity contribution in [1.29, 1.82) is 0 Å². The number of nitrogens with one attached hydrogen (secondary N) is 2.